The summed E-state index contributed by atoms with van der Waals surface area (Å²) in [5.41, 5.74) is 1.18. The Morgan fingerprint density at radius 3 is 2.70 bits per heavy atom. The number of carbonyl (C=O) groups excluding carboxylic acids is 1. The highest BCUT2D eigenvalue weighted by Crippen LogP contribution is 2.52. The quantitative estimate of drug-likeness (QED) is 0.724. The number of benzene rings is 2. The van der Waals surface area contributed by atoms with E-state index in [0.717, 1.165) is 16.9 Å². The molecule has 1 atom stereocenters. The predicted molar refractivity (Wildman–Crippen MR) is 102 cm³/mol. The molecule has 0 spiro atoms. The van der Waals surface area contributed by atoms with E-state index in [9.17, 15) is 4.79 Å². The Morgan fingerprint density at radius 1 is 1.19 bits per heavy atom. The zero-order valence-corrected chi connectivity index (χ0v) is 15.4. The summed E-state index contributed by atoms with van der Waals surface area (Å²) in [5, 5.41) is 2.87. The average molecular weight is 363 g/mol. The maximum atomic E-state index is 13.1. The van der Waals surface area contributed by atoms with E-state index in [2.05, 4.69) is 15.3 Å². The number of aromatic nitrogens is 2. The molecule has 1 aromatic heterocycles. The second-order valence-corrected chi connectivity index (χ2v) is 7.09. The first-order valence-electron chi connectivity index (χ1n) is 8.76. The van der Waals surface area contributed by atoms with Crippen molar-refractivity contribution in [2.75, 3.05) is 12.4 Å². The van der Waals surface area contributed by atoms with Crippen LogP contribution < -0.4 is 14.8 Å². The lowest BCUT2D eigenvalue weighted by atomic mass is 9.69. The Kier molecular flexibility index (Phi) is 4.11. The molecule has 0 aliphatic carbocycles. The van der Waals surface area contributed by atoms with Gasteiger partial charge in [-0.15, -0.1) is 0 Å². The highest BCUT2D eigenvalue weighted by atomic mass is 16.5. The number of carbonyl (C=O) groups is 1. The number of fused-ring (bicyclic) bond motifs is 2. The van der Waals surface area contributed by atoms with Crippen LogP contribution in [0.5, 0.6) is 17.2 Å². The molecule has 6 nitrogen and oxygen atoms in total. The number of aromatic amines is 1. The topological polar surface area (TPSA) is 76.2 Å². The predicted octanol–water partition coefficient (Wildman–Crippen LogP) is 4.32. The van der Waals surface area contributed by atoms with Crippen molar-refractivity contribution in [1.29, 1.82) is 0 Å². The molecule has 1 aliphatic heterocycles. The van der Waals surface area contributed by atoms with Crippen molar-refractivity contribution < 1.29 is 14.3 Å². The summed E-state index contributed by atoms with van der Waals surface area (Å²) in [4.78, 5) is 20.1. The molecule has 4 rings (SSSR count). The highest BCUT2D eigenvalue weighted by molar-refractivity contribution is 5.95. The molecule has 0 fully saturated rings. The normalized spacial score (nSPS) is 15.3. The van der Waals surface area contributed by atoms with Gasteiger partial charge >= 0.3 is 0 Å². The zero-order chi connectivity index (χ0) is 19.0. The van der Waals surface area contributed by atoms with Crippen molar-refractivity contribution in [2.24, 2.45) is 5.41 Å². The Hall–Kier alpha value is -3.28. The number of hydrogen-bond donors (Lipinski definition) is 2. The Bertz CT molecular complexity index is 980. The van der Waals surface area contributed by atoms with Gasteiger partial charge in [-0.25, -0.2) is 4.98 Å². The molecule has 0 radical (unpaired) electrons. The summed E-state index contributed by atoms with van der Waals surface area (Å²) in [5.74, 6) is 2.30. The van der Waals surface area contributed by atoms with Crippen molar-refractivity contribution in [1.82, 2.24) is 9.97 Å². The Balaban J connectivity index is 1.80. The van der Waals surface area contributed by atoms with Gasteiger partial charge in [-0.1, -0.05) is 38.1 Å². The highest BCUT2D eigenvalue weighted by Gasteiger charge is 2.43. The van der Waals surface area contributed by atoms with E-state index in [-0.39, 0.29) is 11.8 Å². The van der Waals surface area contributed by atoms with E-state index in [1.807, 2.05) is 56.3 Å². The number of nitrogens with zero attached hydrogens (tertiary/aromatic N) is 1. The van der Waals surface area contributed by atoms with Gasteiger partial charge in [0.2, 0.25) is 11.9 Å². The fraction of sp³-hybridized carbons (Fsp3) is 0.238. The molecular formula is C21H21N3O3. The lowest BCUT2D eigenvalue weighted by molar-refractivity contribution is -0.124. The van der Waals surface area contributed by atoms with Gasteiger partial charge in [-0.2, -0.15) is 0 Å². The zero-order valence-electron chi connectivity index (χ0n) is 15.4. The van der Waals surface area contributed by atoms with Gasteiger partial charge in [0, 0.05) is 35.5 Å². The number of amides is 1. The van der Waals surface area contributed by atoms with Crippen molar-refractivity contribution in [2.45, 2.75) is 19.8 Å². The van der Waals surface area contributed by atoms with Crippen molar-refractivity contribution >= 4 is 11.9 Å². The van der Waals surface area contributed by atoms with Crippen LogP contribution in [-0.2, 0) is 4.79 Å². The van der Waals surface area contributed by atoms with Crippen LogP contribution in [0.4, 0.5) is 5.95 Å². The van der Waals surface area contributed by atoms with Gasteiger partial charge in [-0.05, 0) is 12.1 Å². The van der Waals surface area contributed by atoms with Gasteiger partial charge in [0.05, 0.1) is 12.5 Å². The lowest BCUT2D eigenvalue weighted by Gasteiger charge is -2.38. The number of nitrogens with one attached hydrogen (secondary N) is 2. The van der Waals surface area contributed by atoms with Gasteiger partial charge in [0.15, 0.2) is 0 Å². The second kappa shape index (κ2) is 6.46. The third-order valence-electron chi connectivity index (χ3n) is 5.02. The molecule has 2 N–H and O–H groups in total. The number of imidazole rings is 1. The van der Waals surface area contributed by atoms with Crippen molar-refractivity contribution in [3.8, 4) is 17.2 Å². The van der Waals surface area contributed by atoms with Crippen LogP contribution >= 0.6 is 0 Å². The van der Waals surface area contributed by atoms with E-state index < -0.39 is 5.41 Å². The molecule has 0 saturated heterocycles. The van der Waals surface area contributed by atoms with E-state index >= 15 is 0 Å². The van der Waals surface area contributed by atoms with Crippen LogP contribution in [0.2, 0.25) is 0 Å². The summed E-state index contributed by atoms with van der Waals surface area (Å²) < 4.78 is 11.4. The first-order valence-corrected chi connectivity index (χ1v) is 8.76. The van der Waals surface area contributed by atoms with Crippen LogP contribution in [0.1, 0.15) is 30.9 Å². The molecule has 138 valence electrons. The van der Waals surface area contributed by atoms with Crippen LogP contribution in [0, 0.1) is 5.41 Å². The van der Waals surface area contributed by atoms with E-state index in [4.69, 9.17) is 9.47 Å². The van der Waals surface area contributed by atoms with E-state index in [1.165, 1.54) is 0 Å². The fourth-order valence-electron chi connectivity index (χ4n) is 3.58. The van der Waals surface area contributed by atoms with Crippen LogP contribution in [0.15, 0.2) is 54.9 Å². The first kappa shape index (κ1) is 17.1. The average Bonchev–Trinajstić information content (AvgIpc) is 3.18. The molecule has 1 amide bonds. The second-order valence-electron chi connectivity index (χ2n) is 7.09. The lowest BCUT2D eigenvalue weighted by Crippen LogP contribution is -2.38. The number of para-hydroxylation sites is 1. The van der Waals surface area contributed by atoms with Gasteiger partial charge < -0.3 is 14.5 Å². The molecule has 27 heavy (non-hydrogen) atoms. The molecule has 2 aromatic carbocycles. The summed E-state index contributed by atoms with van der Waals surface area (Å²) in [6.45, 7) is 3.87. The molecular weight excluding hydrogens is 342 g/mol. The SMILES string of the molecule is COc1ccc2c(c1)Oc1ccccc1[C@@H]2C(C)(C)C(=O)Nc1ncc[nH]1. The largest absolute Gasteiger partial charge is 0.497 e. The van der Waals surface area contributed by atoms with E-state index in [1.54, 1.807) is 19.5 Å². The number of rotatable bonds is 4. The summed E-state index contributed by atoms with van der Waals surface area (Å²) in [6.07, 6.45) is 3.28. The minimum atomic E-state index is -0.754. The first-order chi connectivity index (χ1) is 13.0. The number of anilines is 1. The van der Waals surface area contributed by atoms with Crippen molar-refractivity contribution in [3.05, 3.63) is 66.0 Å². The standard InChI is InChI=1S/C21H21N3O3/c1-21(2,19(25)24-20-22-10-11-23-20)18-14-6-4-5-7-16(14)27-17-12-13(26-3)8-9-15(17)18/h4-12,18H,1-3H3,(H2,22,23,24,25)/t18-/m0/s1. The Labute approximate surface area is 157 Å². The molecule has 0 bridgehead atoms. The fourth-order valence-corrected chi connectivity index (χ4v) is 3.58. The summed E-state index contributed by atoms with van der Waals surface area (Å²) in [7, 11) is 1.62. The molecule has 1 aliphatic rings. The minimum absolute atomic E-state index is 0.124. The van der Waals surface area contributed by atoms with E-state index in [0.29, 0.717) is 17.4 Å². The number of methoxy groups -OCH3 is 1. The molecule has 3 aromatic rings. The van der Waals surface area contributed by atoms with Crippen molar-refractivity contribution in [3.63, 3.8) is 0 Å². The summed E-state index contributed by atoms with van der Waals surface area (Å²) in [6, 6.07) is 13.5. The smallest absolute Gasteiger partial charge is 0.233 e. The van der Waals surface area contributed by atoms with Crippen LogP contribution in [0.3, 0.4) is 0 Å². The summed E-state index contributed by atoms with van der Waals surface area (Å²) >= 11 is 0. The van der Waals surface area contributed by atoms with Gasteiger partial charge in [-0.3, -0.25) is 10.1 Å². The number of H-pyrrole nitrogens is 1. The molecule has 2 heterocycles. The van der Waals surface area contributed by atoms with Gasteiger partial charge in [0.1, 0.15) is 17.2 Å². The van der Waals surface area contributed by atoms with Crippen LogP contribution in [0.25, 0.3) is 0 Å². The number of ether oxygens (including phenoxy) is 2. The monoisotopic (exact) mass is 363 g/mol. The maximum Gasteiger partial charge on any atom is 0.233 e. The third-order valence-corrected chi connectivity index (χ3v) is 5.02. The third kappa shape index (κ3) is 2.93. The minimum Gasteiger partial charge on any atom is -0.497 e. The molecule has 0 saturated carbocycles. The van der Waals surface area contributed by atoms with Gasteiger partial charge in [0.25, 0.3) is 0 Å². The van der Waals surface area contributed by atoms with Crippen LogP contribution in [-0.4, -0.2) is 23.0 Å². The molecule has 6 heteroatoms. The number of hydrogen-bond acceptors (Lipinski definition) is 4. The Morgan fingerprint density at radius 2 is 1.96 bits per heavy atom. The maximum absolute atomic E-state index is 13.1. The molecule has 0 unspecified atom stereocenters.